The highest BCUT2D eigenvalue weighted by molar-refractivity contribution is 5.78. The molecule has 2 aromatic rings. The highest BCUT2D eigenvalue weighted by atomic mass is 16.5. The molecule has 0 spiro atoms. The lowest BCUT2D eigenvalue weighted by Crippen LogP contribution is -2.30. The molecule has 8 nitrogen and oxygen atoms in total. The molecule has 0 saturated carbocycles. The first-order valence-corrected chi connectivity index (χ1v) is 8.99. The van der Waals surface area contributed by atoms with Gasteiger partial charge in [-0.1, -0.05) is 19.0 Å². The van der Waals surface area contributed by atoms with Crippen LogP contribution < -0.4 is 10.2 Å². The molecule has 1 amide bonds. The summed E-state index contributed by atoms with van der Waals surface area (Å²) in [6.45, 7) is 6.28. The molecular weight excluding hydrogens is 332 g/mol. The van der Waals surface area contributed by atoms with E-state index in [0.29, 0.717) is 42.7 Å². The van der Waals surface area contributed by atoms with Gasteiger partial charge in [0, 0.05) is 58.2 Å². The van der Waals surface area contributed by atoms with Gasteiger partial charge in [0.15, 0.2) is 0 Å². The second-order valence-corrected chi connectivity index (χ2v) is 7.01. The van der Waals surface area contributed by atoms with E-state index in [1.165, 1.54) is 0 Å². The van der Waals surface area contributed by atoms with Crippen molar-refractivity contribution in [3.63, 3.8) is 0 Å². The molecule has 8 heteroatoms. The average Bonchev–Trinajstić information content (AvgIpc) is 3.24. The van der Waals surface area contributed by atoms with E-state index in [9.17, 15) is 4.79 Å². The van der Waals surface area contributed by atoms with Gasteiger partial charge in [-0.2, -0.15) is 4.98 Å². The van der Waals surface area contributed by atoms with Crippen LogP contribution in [-0.4, -0.2) is 59.7 Å². The van der Waals surface area contributed by atoms with Crippen LogP contribution in [0.1, 0.15) is 38.4 Å². The van der Waals surface area contributed by atoms with Gasteiger partial charge in [0.25, 0.3) is 0 Å². The number of carbonyl (C=O) groups excluding carboxylic acids is 1. The van der Waals surface area contributed by atoms with Crippen LogP contribution in [0.4, 0.5) is 11.8 Å². The van der Waals surface area contributed by atoms with E-state index >= 15 is 0 Å². The Bertz CT molecular complexity index is 771. The summed E-state index contributed by atoms with van der Waals surface area (Å²) in [7, 11) is 3.79. The van der Waals surface area contributed by atoms with Crippen molar-refractivity contribution >= 4 is 17.7 Å². The molecule has 3 rings (SSSR count). The minimum absolute atomic E-state index is 0.230. The van der Waals surface area contributed by atoms with E-state index in [-0.39, 0.29) is 11.8 Å². The van der Waals surface area contributed by atoms with Crippen molar-refractivity contribution in [1.29, 1.82) is 0 Å². The predicted molar refractivity (Wildman–Crippen MR) is 100 cm³/mol. The van der Waals surface area contributed by atoms with Crippen LogP contribution in [0.5, 0.6) is 0 Å². The predicted octanol–water partition coefficient (Wildman–Crippen LogP) is 2.36. The summed E-state index contributed by atoms with van der Waals surface area (Å²) in [5, 5.41) is 7.44. The highest BCUT2D eigenvalue weighted by Crippen LogP contribution is 2.25. The maximum absolute atomic E-state index is 11.7. The summed E-state index contributed by atoms with van der Waals surface area (Å²) < 4.78 is 5.39. The Balaban J connectivity index is 1.76. The lowest BCUT2D eigenvalue weighted by atomic mass is 10.1. The minimum Gasteiger partial charge on any atom is -0.368 e. The normalized spacial score (nSPS) is 14.3. The van der Waals surface area contributed by atoms with Gasteiger partial charge < -0.3 is 19.6 Å². The van der Waals surface area contributed by atoms with Gasteiger partial charge in [0.2, 0.25) is 11.9 Å². The average molecular weight is 358 g/mol. The number of nitrogens with zero attached hydrogens (tertiary/aromatic N) is 5. The van der Waals surface area contributed by atoms with Gasteiger partial charge in [0.05, 0.1) is 5.69 Å². The lowest BCUT2D eigenvalue weighted by molar-refractivity contribution is -0.127. The molecule has 1 aliphatic rings. The maximum Gasteiger partial charge on any atom is 0.227 e. The number of likely N-dealkylation sites (tertiary alicyclic amines) is 1. The molecule has 0 radical (unpaired) electrons. The van der Waals surface area contributed by atoms with Crippen LogP contribution in [0.15, 0.2) is 16.7 Å². The van der Waals surface area contributed by atoms with E-state index in [0.717, 1.165) is 18.7 Å². The summed E-state index contributed by atoms with van der Waals surface area (Å²) in [5.74, 6) is 2.62. The molecule has 1 N–H and O–H groups in total. The summed E-state index contributed by atoms with van der Waals surface area (Å²) in [6, 6.07) is 3.78. The molecule has 0 bridgehead atoms. The molecule has 0 aromatic carbocycles. The van der Waals surface area contributed by atoms with Crippen LogP contribution in [0, 0.1) is 0 Å². The molecule has 0 atom stereocenters. The number of anilines is 2. The zero-order valence-electron chi connectivity index (χ0n) is 15.8. The second kappa shape index (κ2) is 7.72. The Labute approximate surface area is 153 Å². The van der Waals surface area contributed by atoms with Gasteiger partial charge in [-0.05, 0) is 6.42 Å². The van der Waals surface area contributed by atoms with Crippen molar-refractivity contribution in [2.45, 2.75) is 32.6 Å². The van der Waals surface area contributed by atoms with Gasteiger partial charge in [-0.3, -0.25) is 4.79 Å². The quantitative estimate of drug-likeness (QED) is 0.813. The lowest BCUT2D eigenvalue weighted by Gasteiger charge is -2.17. The number of aromatic nitrogens is 3. The Kier molecular flexibility index (Phi) is 5.39. The van der Waals surface area contributed by atoms with E-state index < -0.39 is 0 Å². The Hall–Kier alpha value is -2.64. The number of carbonyl (C=O) groups is 1. The standard InChI is InChI=1S/C18H26N6O2/c1-12(2)15-10-14(22-26-15)13-11-16(21-18(20-13)23(3)4)19-7-9-24-8-5-6-17(24)25/h10-12H,5-9H2,1-4H3,(H,19,20,21). The molecular formula is C18H26N6O2. The van der Waals surface area contributed by atoms with Crippen LogP contribution in [0.2, 0.25) is 0 Å². The third-order valence-corrected chi connectivity index (χ3v) is 4.33. The molecule has 1 fully saturated rings. The summed E-state index contributed by atoms with van der Waals surface area (Å²) in [4.78, 5) is 24.5. The highest BCUT2D eigenvalue weighted by Gasteiger charge is 2.19. The fraction of sp³-hybridized carbons (Fsp3) is 0.556. The fourth-order valence-electron chi connectivity index (χ4n) is 2.80. The van der Waals surface area contributed by atoms with Crippen molar-refractivity contribution in [3.8, 4) is 11.4 Å². The molecule has 0 unspecified atom stereocenters. The molecule has 1 aliphatic heterocycles. The summed E-state index contributed by atoms with van der Waals surface area (Å²) in [5.41, 5.74) is 1.40. The fourth-order valence-corrected chi connectivity index (χ4v) is 2.80. The van der Waals surface area contributed by atoms with Crippen molar-refractivity contribution in [1.82, 2.24) is 20.0 Å². The monoisotopic (exact) mass is 358 g/mol. The molecule has 26 heavy (non-hydrogen) atoms. The van der Waals surface area contributed by atoms with Crippen molar-refractivity contribution < 1.29 is 9.32 Å². The Morgan fingerprint density at radius 3 is 2.69 bits per heavy atom. The van der Waals surface area contributed by atoms with E-state index in [2.05, 4.69) is 34.3 Å². The number of hydrogen-bond donors (Lipinski definition) is 1. The summed E-state index contributed by atoms with van der Waals surface area (Å²) in [6.07, 6.45) is 1.61. The van der Waals surface area contributed by atoms with Crippen molar-refractivity contribution in [2.24, 2.45) is 0 Å². The second-order valence-electron chi connectivity index (χ2n) is 7.01. The van der Waals surface area contributed by atoms with E-state index in [1.807, 2.05) is 36.0 Å². The van der Waals surface area contributed by atoms with Crippen molar-refractivity contribution in [2.75, 3.05) is 43.9 Å². The molecule has 3 heterocycles. The number of rotatable bonds is 7. The van der Waals surface area contributed by atoms with E-state index in [4.69, 9.17) is 4.52 Å². The molecule has 140 valence electrons. The van der Waals surface area contributed by atoms with Crippen LogP contribution >= 0.6 is 0 Å². The van der Waals surface area contributed by atoms with Gasteiger partial charge >= 0.3 is 0 Å². The number of hydrogen-bond acceptors (Lipinski definition) is 7. The SMILES string of the molecule is CC(C)c1cc(-c2cc(NCCN3CCCC3=O)nc(N(C)C)n2)no1. The zero-order chi connectivity index (χ0) is 18.7. The summed E-state index contributed by atoms with van der Waals surface area (Å²) >= 11 is 0. The van der Waals surface area contributed by atoms with Crippen LogP contribution in [0.25, 0.3) is 11.4 Å². The first kappa shape index (κ1) is 18.2. The minimum atomic E-state index is 0.230. The van der Waals surface area contributed by atoms with Gasteiger partial charge in [-0.25, -0.2) is 4.98 Å². The Morgan fingerprint density at radius 1 is 1.27 bits per heavy atom. The van der Waals surface area contributed by atoms with Gasteiger partial charge in [-0.15, -0.1) is 0 Å². The molecule has 1 saturated heterocycles. The first-order chi connectivity index (χ1) is 12.4. The van der Waals surface area contributed by atoms with E-state index in [1.54, 1.807) is 0 Å². The molecule has 2 aromatic heterocycles. The third kappa shape index (κ3) is 4.12. The zero-order valence-corrected chi connectivity index (χ0v) is 15.8. The van der Waals surface area contributed by atoms with Gasteiger partial charge in [0.1, 0.15) is 17.3 Å². The largest absolute Gasteiger partial charge is 0.368 e. The number of amides is 1. The maximum atomic E-state index is 11.7. The molecule has 0 aliphatic carbocycles. The van der Waals surface area contributed by atoms with Crippen LogP contribution in [0.3, 0.4) is 0 Å². The van der Waals surface area contributed by atoms with Crippen LogP contribution in [-0.2, 0) is 4.79 Å². The third-order valence-electron chi connectivity index (χ3n) is 4.33. The number of nitrogens with one attached hydrogen (secondary N) is 1. The first-order valence-electron chi connectivity index (χ1n) is 8.99. The Morgan fingerprint density at radius 2 is 2.08 bits per heavy atom. The van der Waals surface area contributed by atoms with Crippen molar-refractivity contribution in [3.05, 3.63) is 17.9 Å². The smallest absolute Gasteiger partial charge is 0.227 e. The topological polar surface area (TPSA) is 87.4 Å².